The first-order chi connectivity index (χ1) is 7.33. The Bertz CT molecular complexity index is 321. The molecule has 0 aromatic carbocycles. The standard InChI is InChI=1S/C15H26O/c1-12(2)6-5-7-13(3)8-9-14(4)10-11-15(12,13)16-14/h5-11H2,1-4H3/t13-,14-,15+/m1/s1. The third kappa shape index (κ3) is 1.11. The Balaban J connectivity index is 2.08. The molecule has 0 aromatic rings. The molecule has 1 saturated carbocycles. The van der Waals surface area contributed by atoms with E-state index in [1.807, 2.05) is 0 Å². The largest absolute Gasteiger partial charge is 0.368 e. The summed E-state index contributed by atoms with van der Waals surface area (Å²) in [7, 11) is 0. The summed E-state index contributed by atoms with van der Waals surface area (Å²) in [5, 5.41) is 0. The van der Waals surface area contributed by atoms with Crippen LogP contribution in [0, 0.1) is 10.8 Å². The van der Waals surface area contributed by atoms with Gasteiger partial charge in [0.25, 0.3) is 0 Å². The molecular weight excluding hydrogens is 196 g/mol. The second kappa shape index (κ2) is 2.85. The molecular formula is C15H26O. The number of rotatable bonds is 0. The van der Waals surface area contributed by atoms with E-state index in [1.165, 1.54) is 44.9 Å². The van der Waals surface area contributed by atoms with Crippen LogP contribution in [0.15, 0.2) is 0 Å². The number of ether oxygens (including phenoxy) is 1. The summed E-state index contributed by atoms with van der Waals surface area (Å²) in [5.74, 6) is 0. The van der Waals surface area contributed by atoms with E-state index in [0.717, 1.165) is 0 Å². The molecule has 0 unspecified atom stereocenters. The van der Waals surface area contributed by atoms with Crippen molar-refractivity contribution < 1.29 is 4.74 Å². The van der Waals surface area contributed by atoms with Crippen molar-refractivity contribution in [1.82, 2.24) is 0 Å². The van der Waals surface area contributed by atoms with Crippen molar-refractivity contribution in [3.63, 3.8) is 0 Å². The van der Waals surface area contributed by atoms with Crippen molar-refractivity contribution in [3.8, 4) is 0 Å². The summed E-state index contributed by atoms with van der Waals surface area (Å²) in [6, 6.07) is 0. The minimum Gasteiger partial charge on any atom is -0.368 e. The molecule has 2 bridgehead atoms. The lowest BCUT2D eigenvalue weighted by atomic mass is 9.51. The van der Waals surface area contributed by atoms with Gasteiger partial charge in [-0.3, -0.25) is 0 Å². The normalized spacial score (nSPS) is 54.8. The summed E-state index contributed by atoms with van der Waals surface area (Å²) < 4.78 is 6.69. The monoisotopic (exact) mass is 222 g/mol. The predicted octanol–water partition coefficient (Wildman–Crippen LogP) is 4.30. The highest BCUT2D eigenvalue weighted by Gasteiger charge is 2.67. The molecule has 1 heteroatoms. The van der Waals surface area contributed by atoms with E-state index in [4.69, 9.17) is 4.74 Å². The van der Waals surface area contributed by atoms with Crippen molar-refractivity contribution in [2.24, 2.45) is 10.8 Å². The van der Waals surface area contributed by atoms with Crippen LogP contribution in [0.4, 0.5) is 0 Å². The lowest BCUT2D eigenvalue weighted by Crippen LogP contribution is -2.62. The second-order valence-electron chi connectivity index (χ2n) is 7.68. The van der Waals surface area contributed by atoms with Gasteiger partial charge in [0.2, 0.25) is 0 Å². The van der Waals surface area contributed by atoms with Gasteiger partial charge in [-0.2, -0.15) is 0 Å². The molecule has 92 valence electrons. The highest BCUT2D eigenvalue weighted by atomic mass is 16.5. The zero-order valence-corrected chi connectivity index (χ0v) is 11.4. The molecule has 3 aliphatic rings. The van der Waals surface area contributed by atoms with E-state index >= 15 is 0 Å². The molecule has 0 amide bonds. The van der Waals surface area contributed by atoms with Crippen LogP contribution in [0.2, 0.25) is 0 Å². The van der Waals surface area contributed by atoms with Gasteiger partial charge in [-0.1, -0.05) is 27.2 Å². The Labute approximate surface area is 99.9 Å². The van der Waals surface area contributed by atoms with Crippen LogP contribution in [0.3, 0.4) is 0 Å². The smallest absolute Gasteiger partial charge is 0.0794 e. The summed E-state index contributed by atoms with van der Waals surface area (Å²) in [5.41, 5.74) is 1.21. The fourth-order valence-corrected chi connectivity index (χ4v) is 5.05. The fourth-order valence-electron chi connectivity index (χ4n) is 5.05. The lowest BCUT2D eigenvalue weighted by Gasteiger charge is -2.62. The van der Waals surface area contributed by atoms with Crippen LogP contribution < -0.4 is 0 Å². The van der Waals surface area contributed by atoms with Crippen molar-refractivity contribution in [2.75, 3.05) is 0 Å². The maximum absolute atomic E-state index is 6.69. The fraction of sp³-hybridized carbons (Fsp3) is 1.00. The van der Waals surface area contributed by atoms with Crippen LogP contribution in [-0.2, 0) is 4.74 Å². The molecule has 16 heavy (non-hydrogen) atoms. The van der Waals surface area contributed by atoms with Crippen molar-refractivity contribution in [3.05, 3.63) is 0 Å². The first kappa shape index (κ1) is 11.1. The predicted molar refractivity (Wildman–Crippen MR) is 66.4 cm³/mol. The minimum absolute atomic E-state index is 0.186. The average Bonchev–Trinajstić information content (AvgIpc) is 2.50. The van der Waals surface area contributed by atoms with Gasteiger partial charge in [0.1, 0.15) is 0 Å². The second-order valence-corrected chi connectivity index (χ2v) is 7.68. The van der Waals surface area contributed by atoms with E-state index in [9.17, 15) is 0 Å². The molecule has 2 heterocycles. The average molecular weight is 222 g/mol. The Kier molecular flexibility index (Phi) is 1.98. The Morgan fingerprint density at radius 2 is 1.44 bits per heavy atom. The van der Waals surface area contributed by atoms with Gasteiger partial charge in [-0.25, -0.2) is 0 Å². The first-order valence-corrected chi connectivity index (χ1v) is 7.03. The minimum atomic E-state index is 0.186. The molecule has 3 rings (SSSR count). The number of hydrogen-bond acceptors (Lipinski definition) is 1. The highest BCUT2D eigenvalue weighted by Crippen LogP contribution is 2.67. The Hall–Kier alpha value is -0.0400. The molecule has 2 saturated heterocycles. The van der Waals surface area contributed by atoms with Crippen LogP contribution in [0.5, 0.6) is 0 Å². The summed E-state index contributed by atoms with van der Waals surface area (Å²) in [6.07, 6.45) is 9.36. The zero-order valence-electron chi connectivity index (χ0n) is 11.4. The summed E-state index contributed by atoms with van der Waals surface area (Å²) in [4.78, 5) is 0. The van der Waals surface area contributed by atoms with Crippen molar-refractivity contribution in [2.45, 2.75) is 83.8 Å². The topological polar surface area (TPSA) is 9.23 Å². The molecule has 0 N–H and O–H groups in total. The zero-order chi connectivity index (χ0) is 11.7. The Morgan fingerprint density at radius 1 is 0.750 bits per heavy atom. The highest BCUT2D eigenvalue weighted by molar-refractivity contribution is 5.16. The molecule has 1 spiro atoms. The SMILES string of the molecule is CC1(C)CCC[C@]2(C)CC[C@]3(C)CC[C@]12O3. The molecule has 1 aliphatic carbocycles. The van der Waals surface area contributed by atoms with E-state index in [2.05, 4.69) is 27.7 Å². The molecule has 2 aliphatic heterocycles. The molecule has 0 aromatic heterocycles. The van der Waals surface area contributed by atoms with Gasteiger partial charge in [0.15, 0.2) is 0 Å². The van der Waals surface area contributed by atoms with Crippen molar-refractivity contribution >= 4 is 0 Å². The van der Waals surface area contributed by atoms with Gasteiger partial charge in [-0.15, -0.1) is 0 Å². The summed E-state index contributed by atoms with van der Waals surface area (Å²) >= 11 is 0. The first-order valence-electron chi connectivity index (χ1n) is 7.03. The van der Waals surface area contributed by atoms with Crippen LogP contribution in [0.1, 0.15) is 72.6 Å². The van der Waals surface area contributed by atoms with Gasteiger partial charge < -0.3 is 4.74 Å². The van der Waals surface area contributed by atoms with Crippen LogP contribution in [-0.4, -0.2) is 11.2 Å². The van der Waals surface area contributed by atoms with E-state index in [0.29, 0.717) is 10.8 Å². The number of hydrogen-bond donors (Lipinski definition) is 0. The maximum Gasteiger partial charge on any atom is 0.0794 e. The van der Waals surface area contributed by atoms with Gasteiger partial charge >= 0.3 is 0 Å². The van der Waals surface area contributed by atoms with E-state index in [1.54, 1.807) is 0 Å². The van der Waals surface area contributed by atoms with E-state index in [-0.39, 0.29) is 11.2 Å². The number of fused-ring (bicyclic) bond motifs is 1. The van der Waals surface area contributed by atoms with Crippen LogP contribution >= 0.6 is 0 Å². The molecule has 1 nitrogen and oxygen atoms in total. The van der Waals surface area contributed by atoms with Gasteiger partial charge in [-0.05, 0) is 56.3 Å². The molecule has 3 fully saturated rings. The quantitative estimate of drug-likeness (QED) is 0.593. The molecule has 3 atom stereocenters. The van der Waals surface area contributed by atoms with E-state index < -0.39 is 0 Å². The third-order valence-electron chi connectivity index (χ3n) is 6.23. The van der Waals surface area contributed by atoms with Crippen LogP contribution in [0.25, 0.3) is 0 Å². The van der Waals surface area contributed by atoms with Gasteiger partial charge in [0.05, 0.1) is 11.2 Å². The molecule has 0 radical (unpaired) electrons. The maximum atomic E-state index is 6.69. The van der Waals surface area contributed by atoms with Gasteiger partial charge in [0, 0.05) is 0 Å². The summed E-state index contributed by atoms with van der Waals surface area (Å²) in [6.45, 7) is 9.73. The van der Waals surface area contributed by atoms with Crippen molar-refractivity contribution in [1.29, 1.82) is 0 Å². The third-order valence-corrected chi connectivity index (χ3v) is 6.23. The Morgan fingerprint density at radius 3 is 2.19 bits per heavy atom. The lowest BCUT2D eigenvalue weighted by molar-refractivity contribution is -0.262.